The third kappa shape index (κ3) is 3.60. The number of halogens is 4. The monoisotopic (exact) mass is 383 g/mol. The highest BCUT2D eigenvalue weighted by Crippen LogP contribution is 2.37. The predicted octanol–water partition coefficient (Wildman–Crippen LogP) is 5.65. The second-order valence-corrected chi connectivity index (χ2v) is 7.51. The van der Waals surface area contributed by atoms with Crippen molar-refractivity contribution >= 4 is 16.3 Å². The number of hydrogen-bond acceptors (Lipinski definition) is 3. The van der Waals surface area contributed by atoms with Gasteiger partial charge in [-0.25, -0.2) is 4.39 Å². The summed E-state index contributed by atoms with van der Waals surface area (Å²) in [4.78, 5) is 0.641. The minimum absolute atomic E-state index is 0.316. The predicted molar refractivity (Wildman–Crippen MR) is 94.6 cm³/mol. The van der Waals surface area contributed by atoms with Gasteiger partial charge in [-0.15, -0.1) is 11.3 Å². The molecule has 3 aromatic rings. The maximum Gasteiger partial charge on any atom is 0.435 e. The maximum absolute atomic E-state index is 14.1. The molecule has 138 valence electrons. The van der Waals surface area contributed by atoms with Crippen molar-refractivity contribution in [1.82, 2.24) is 9.78 Å². The molecule has 3 rings (SSSR count). The maximum atomic E-state index is 14.1. The van der Waals surface area contributed by atoms with Gasteiger partial charge in [0.15, 0.2) is 5.69 Å². The van der Waals surface area contributed by atoms with Crippen LogP contribution in [-0.2, 0) is 18.8 Å². The normalized spacial score (nSPS) is 12.4. The summed E-state index contributed by atoms with van der Waals surface area (Å²) in [5.41, 5.74) is -0.727. The number of aromatic nitrogens is 2. The van der Waals surface area contributed by atoms with Crippen molar-refractivity contribution in [3.8, 4) is 10.6 Å². The van der Waals surface area contributed by atoms with E-state index in [0.717, 1.165) is 11.1 Å². The molecular formula is C18H17F4N3S. The van der Waals surface area contributed by atoms with Crippen LogP contribution >= 0.6 is 11.3 Å². The van der Waals surface area contributed by atoms with Crippen LogP contribution in [0, 0.1) is 5.82 Å². The second-order valence-electron chi connectivity index (χ2n) is 6.43. The van der Waals surface area contributed by atoms with Crippen molar-refractivity contribution in [2.24, 2.45) is 7.05 Å². The van der Waals surface area contributed by atoms with Gasteiger partial charge in [0.05, 0.1) is 21.1 Å². The smallest absolute Gasteiger partial charge is 0.368 e. The highest BCUT2D eigenvalue weighted by atomic mass is 32.1. The Morgan fingerprint density at radius 3 is 2.38 bits per heavy atom. The average molecular weight is 383 g/mol. The summed E-state index contributed by atoms with van der Waals surface area (Å²) in [7, 11) is 1.47. The summed E-state index contributed by atoms with van der Waals surface area (Å²) in [5, 5.41) is 7.50. The summed E-state index contributed by atoms with van der Waals surface area (Å²) in [6, 6.07) is 11.0. The number of thiophene rings is 1. The summed E-state index contributed by atoms with van der Waals surface area (Å²) in [5.74, 6) is -0.316. The molecule has 0 amide bonds. The highest BCUT2D eigenvalue weighted by Gasteiger charge is 2.35. The van der Waals surface area contributed by atoms with Gasteiger partial charge in [-0.3, -0.25) is 4.68 Å². The van der Waals surface area contributed by atoms with Gasteiger partial charge in [0.2, 0.25) is 0 Å². The van der Waals surface area contributed by atoms with Gasteiger partial charge in [-0.05, 0) is 38.1 Å². The van der Waals surface area contributed by atoms with Gasteiger partial charge in [0.1, 0.15) is 5.82 Å². The zero-order chi connectivity index (χ0) is 19.1. The Morgan fingerprint density at radius 2 is 1.77 bits per heavy atom. The van der Waals surface area contributed by atoms with Crippen molar-refractivity contribution in [3.05, 3.63) is 59.5 Å². The number of nitrogens with one attached hydrogen (secondary N) is 1. The van der Waals surface area contributed by atoms with E-state index < -0.39 is 17.4 Å². The molecule has 0 saturated carbocycles. The average Bonchev–Trinajstić information content (AvgIpc) is 3.13. The van der Waals surface area contributed by atoms with Gasteiger partial charge in [0.25, 0.3) is 0 Å². The van der Waals surface area contributed by atoms with Crippen molar-refractivity contribution in [2.75, 3.05) is 5.32 Å². The van der Waals surface area contributed by atoms with Crippen LogP contribution in [0.1, 0.15) is 25.1 Å². The van der Waals surface area contributed by atoms with Crippen LogP contribution in [0.5, 0.6) is 0 Å². The van der Waals surface area contributed by atoms with E-state index in [0.29, 0.717) is 16.1 Å². The Kier molecular flexibility index (Phi) is 4.56. The SMILES string of the molecule is Cn1nc(C(F)(F)F)cc1-c1ccc(NC(C)(C)c2ccccc2F)s1. The topological polar surface area (TPSA) is 29.9 Å². The van der Waals surface area contributed by atoms with Gasteiger partial charge < -0.3 is 5.32 Å². The van der Waals surface area contributed by atoms with Crippen molar-refractivity contribution in [2.45, 2.75) is 25.6 Å². The Bertz CT molecular complexity index is 925. The number of anilines is 1. The molecule has 0 bridgehead atoms. The fourth-order valence-electron chi connectivity index (χ4n) is 2.72. The standard InChI is InChI=1S/C18H17F4N3S/c1-17(2,11-6-4-5-7-12(11)19)23-16-9-8-14(26-16)13-10-15(18(20,21)22)24-25(13)3/h4-10,23H,1-3H3. The number of rotatable bonds is 4. The molecule has 0 aliphatic heterocycles. The van der Waals surface area contributed by atoms with Crippen LogP contribution in [0.3, 0.4) is 0 Å². The molecule has 1 N–H and O–H groups in total. The molecule has 0 atom stereocenters. The van der Waals surface area contributed by atoms with Crippen molar-refractivity contribution < 1.29 is 17.6 Å². The van der Waals surface area contributed by atoms with E-state index in [1.165, 1.54) is 29.1 Å². The minimum Gasteiger partial charge on any atom is -0.368 e. The summed E-state index contributed by atoms with van der Waals surface area (Å²) >= 11 is 1.29. The van der Waals surface area contributed by atoms with Crippen LogP contribution in [0.25, 0.3) is 10.6 Å². The van der Waals surface area contributed by atoms with E-state index in [2.05, 4.69) is 10.4 Å². The van der Waals surface area contributed by atoms with E-state index >= 15 is 0 Å². The van der Waals surface area contributed by atoms with E-state index in [1.807, 2.05) is 13.8 Å². The minimum atomic E-state index is -4.48. The third-order valence-corrected chi connectivity index (χ3v) is 5.03. The lowest BCUT2D eigenvalue weighted by atomic mass is 9.94. The lowest BCUT2D eigenvalue weighted by Gasteiger charge is -2.27. The summed E-state index contributed by atoms with van der Waals surface area (Å²) in [6.07, 6.45) is -4.48. The quantitative estimate of drug-likeness (QED) is 0.590. The fourth-order valence-corrected chi connectivity index (χ4v) is 3.83. The van der Waals surface area contributed by atoms with Crippen LogP contribution < -0.4 is 5.32 Å². The Morgan fingerprint density at radius 1 is 1.08 bits per heavy atom. The van der Waals surface area contributed by atoms with Crippen molar-refractivity contribution in [1.29, 1.82) is 0 Å². The third-order valence-electron chi connectivity index (χ3n) is 4.01. The second kappa shape index (κ2) is 6.42. The van der Waals surface area contributed by atoms with Gasteiger partial charge in [0, 0.05) is 12.6 Å². The zero-order valence-electron chi connectivity index (χ0n) is 14.4. The molecule has 0 saturated heterocycles. The lowest BCUT2D eigenvalue weighted by molar-refractivity contribution is -0.141. The lowest BCUT2D eigenvalue weighted by Crippen LogP contribution is -2.28. The van der Waals surface area contributed by atoms with Crippen LogP contribution in [0.4, 0.5) is 22.6 Å². The molecule has 0 radical (unpaired) electrons. The summed E-state index contributed by atoms with van der Waals surface area (Å²) < 4.78 is 53.8. The Balaban J connectivity index is 1.87. The molecule has 2 heterocycles. The first kappa shape index (κ1) is 18.4. The molecular weight excluding hydrogens is 366 g/mol. The molecule has 0 aliphatic rings. The number of hydrogen-bond donors (Lipinski definition) is 1. The first-order chi connectivity index (χ1) is 12.1. The van der Waals surface area contributed by atoms with E-state index in [-0.39, 0.29) is 5.82 Å². The molecule has 1 aromatic carbocycles. The Hall–Kier alpha value is -2.35. The van der Waals surface area contributed by atoms with E-state index in [9.17, 15) is 17.6 Å². The van der Waals surface area contributed by atoms with Crippen LogP contribution in [0.15, 0.2) is 42.5 Å². The summed E-state index contributed by atoms with van der Waals surface area (Å²) in [6.45, 7) is 3.69. The molecule has 2 aromatic heterocycles. The first-order valence-electron chi connectivity index (χ1n) is 7.82. The molecule has 0 unspecified atom stereocenters. The molecule has 8 heteroatoms. The highest BCUT2D eigenvalue weighted by molar-refractivity contribution is 7.19. The molecule has 0 aliphatic carbocycles. The number of benzene rings is 1. The van der Waals surface area contributed by atoms with Crippen LogP contribution in [0.2, 0.25) is 0 Å². The molecule has 3 nitrogen and oxygen atoms in total. The van der Waals surface area contributed by atoms with Gasteiger partial charge >= 0.3 is 6.18 Å². The fraction of sp³-hybridized carbons (Fsp3) is 0.278. The van der Waals surface area contributed by atoms with E-state index in [4.69, 9.17) is 0 Å². The largest absolute Gasteiger partial charge is 0.435 e. The molecule has 26 heavy (non-hydrogen) atoms. The number of alkyl halides is 3. The number of nitrogens with zero attached hydrogens (tertiary/aromatic N) is 2. The molecule has 0 fully saturated rings. The number of aryl methyl sites for hydroxylation is 1. The first-order valence-corrected chi connectivity index (χ1v) is 8.64. The Labute approximate surface area is 152 Å². The van der Waals surface area contributed by atoms with Gasteiger partial charge in [-0.2, -0.15) is 18.3 Å². The van der Waals surface area contributed by atoms with Gasteiger partial charge in [-0.1, -0.05) is 18.2 Å². The van der Waals surface area contributed by atoms with E-state index in [1.54, 1.807) is 30.3 Å². The molecule has 0 spiro atoms. The zero-order valence-corrected chi connectivity index (χ0v) is 15.2. The van der Waals surface area contributed by atoms with Crippen molar-refractivity contribution in [3.63, 3.8) is 0 Å². The van der Waals surface area contributed by atoms with Crippen LogP contribution in [-0.4, -0.2) is 9.78 Å².